The van der Waals surface area contributed by atoms with Crippen LogP contribution in [0.5, 0.6) is 0 Å². The second-order valence-corrected chi connectivity index (χ2v) is 16.5. The van der Waals surface area contributed by atoms with Crippen molar-refractivity contribution >= 4 is 0 Å². The Morgan fingerprint density at radius 1 is 0.741 bits per heavy atom. The van der Waals surface area contributed by atoms with Gasteiger partial charge < -0.3 is 35.0 Å². The van der Waals surface area contributed by atoms with Crippen LogP contribution >= 0.6 is 0 Å². The lowest BCUT2D eigenvalue weighted by atomic mass is 9.82. The van der Waals surface area contributed by atoms with Crippen molar-refractivity contribution in [2.45, 2.75) is 236 Å². The zero-order valence-corrected chi connectivity index (χ0v) is 33.9. The maximum absolute atomic E-state index is 14.3. The van der Waals surface area contributed by atoms with E-state index in [4.69, 9.17) is 9.47 Å². The lowest BCUT2D eigenvalue weighted by molar-refractivity contribution is -0.303. The summed E-state index contributed by atoms with van der Waals surface area (Å²) in [6.07, 6.45) is 18.0. The molecule has 0 aromatic heterocycles. The van der Waals surface area contributed by atoms with Gasteiger partial charge in [0.15, 0.2) is 6.29 Å². The van der Waals surface area contributed by atoms with Crippen LogP contribution in [0.25, 0.3) is 0 Å². The Kier molecular flexibility index (Phi) is 26.9. The van der Waals surface area contributed by atoms with Crippen LogP contribution in [0.15, 0.2) is 12.2 Å². The molecule has 0 saturated carbocycles. The quantitative estimate of drug-likeness (QED) is 0.0295. The number of allylic oxidation sites excluding steroid dienone is 2. The second-order valence-electron chi connectivity index (χ2n) is 16.5. The molecule has 0 amide bonds. The van der Waals surface area contributed by atoms with Gasteiger partial charge in [0.2, 0.25) is 0 Å². The largest absolute Gasteiger partial charge is 0.403 e. The fourth-order valence-corrected chi connectivity index (χ4v) is 8.11. The molecular formula is C43H80F3NO7. The molecular weight excluding hydrogens is 699 g/mol. The van der Waals surface area contributed by atoms with Crippen LogP contribution in [0.4, 0.5) is 13.2 Å². The van der Waals surface area contributed by atoms with Crippen molar-refractivity contribution in [2.24, 2.45) is 11.8 Å². The van der Waals surface area contributed by atoms with E-state index in [1.165, 1.54) is 89.9 Å². The van der Waals surface area contributed by atoms with Gasteiger partial charge in [0.05, 0.1) is 25.4 Å². The molecule has 6 unspecified atom stereocenters. The number of alkyl halides is 3. The van der Waals surface area contributed by atoms with E-state index >= 15 is 0 Å². The molecule has 11 heteroatoms. The van der Waals surface area contributed by atoms with Gasteiger partial charge in [-0.15, -0.1) is 0 Å². The van der Waals surface area contributed by atoms with E-state index < -0.39 is 68.3 Å². The molecule has 0 radical (unpaired) electrons. The average molecular weight is 780 g/mol. The number of nitrogens with one attached hydrogen (secondary N) is 1. The maximum Gasteiger partial charge on any atom is 0.403 e. The summed E-state index contributed by atoms with van der Waals surface area (Å²) in [4.78, 5) is 0. The Labute approximate surface area is 326 Å². The number of aliphatic hydroxyl groups excluding tert-OH is 5. The van der Waals surface area contributed by atoms with Crippen molar-refractivity contribution < 1.29 is 48.2 Å². The molecule has 0 spiro atoms. The summed E-state index contributed by atoms with van der Waals surface area (Å²) < 4.78 is 54.1. The van der Waals surface area contributed by atoms with E-state index in [1.807, 2.05) is 0 Å². The minimum absolute atomic E-state index is 0.125. The molecule has 0 bridgehead atoms. The number of aliphatic hydroxyl groups is 5. The molecule has 1 aliphatic heterocycles. The lowest BCUT2D eigenvalue weighted by Gasteiger charge is -2.40. The number of unbranched alkanes of at least 4 members (excludes halogenated alkanes) is 19. The first kappa shape index (κ1) is 49.4. The molecule has 6 N–H and O–H groups in total. The first-order chi connectivity index (χ1) is 26.0. The highest BCUT2D eigenvalue weighted by molar-refractivity contribution is 4.95. The topological polar surface area (TPSA) is 132 Å². The minimum Gasteiger partial charge on any atom is -0.394 e. The Balaban J connectivity index is 1.79. The number of hydrogen-bond acceptors (Lipinski definition) is 8. The van der Waals surface area contributed by atoms with E-state index in [9.17, 15) is 38.7 Å². The van der Waals surface area contributed by atoms with Gasteiger partial charge >= 0.3 is 6.18 Å². The van der Waals surface area contributed by atoms with Crippen molar-refractivity contribution in [3.63, 3.8) is 0 Å². The third kappa shape index (κ3) is 20.6. The molecule has 10 atom stereocenters. The Hall–Kier alpha value is -0.790. The first-order valence-corrected chi connectivity index (χ1v) is 22.1. The third-order valence-corrected chi connectivity index (χ3v) is 11.9. The summed E-state index contributed by atoms with van der Waals surface area (Å²) in [6.45, 7) is 3.46. The van der Waals surface area contributed by atoms with Crippen LogP contribution < -0.4 is 5.32 Å². The molecule has 1 saturated heterocycles. The molecule has 1 heterocycles. The van der Waals surface area contributed by atoms with Crippen molar-refractivity contribution in [3.8, 4) is 0 Å². The summed E-state index contributed by atoms with van der Waals surface area (Å²) in [6, 6.07) is -2.96. The molecule has 2 rings (SSSR count). The summed E-state index contributed by atoms with van der Waals surface area (Å²) >= 11 is 0. The number of rotatable bonds is 32. The van der Waals surface area contributed by atoms with Gasteiger partial charge in [0.25, 0.3) is 0 Å². The smallest absolute Gasteiger partial charge is 0.394 e. The van der Waals surface area contributed by atoms with Crippen molar-refractivity contribution in [2.75, 3.05) is 13.2 Å². The Bertz CT molecular complexity index is 926. The molecule has 54 heavy (non-hydrogen) atoms. The third-order valence-electron chi connectivity index (χ3n) is 11.9. The van der Waals surface area contributed by atoms with E-state index in [0.717, 1.165) is 50.9 Å². The zero-order valence-electron chi connectivity index (χ0n) is 33.9. The van der Waals surface area contributed by atoms with Gasteiger partial charge in [-0.05, 0) is 43.9 Å². The van der Waals surface area contributed by atoms with Crippen molar-refractivity contribution in [1.29, 1.82) is 0 Å². The zero-order chi connectivity index (χ0) is 39.6. The highest BCUT2D eigenvalue weighted by atomic mass is 19.4. The van der Waals surface area contributed by atoms with Crippen molar-refractivity contribution in [3.05, 3.63) is 12.2 Å². The number of halogens is 3. The molecule has 8 nitrogen and oxygen atoms in total. The molecule has 320 valence electrons. The van der Waals surface area contributed by atoms with Gasteiger partial charge in [0.1, 0.15) is 30.5 Å². The lowest BCUT2D eigenvalue weighted by Crippen LogP contribution is -2.60. The minimum atomic E-state index is -4.54. The maximum atomic E-state index is 14.3. The van der Waals surface area contributed by atoms with Crippen LogP contribution in [0, 0.1) is 11.8 Å². The van der Waals surface area contributed by atoms with E-state index in [-0.39, 0.29) is 12.8 Å². The van der Waals surface area contributed by atoms with Crippen LogP contribution in [0.3, 0.4) is 0 Å². The first-order valence-electron chi connectivity index (χ1n) is 22.1. The second kappa shape index (κ2) is 29.4. The average Bonchev–Trinajstić information content (AvgIpc) is 3.14. The number of hydrogen-bond donors (Lipinski definition) is 6. The van der Waals surface area contributed by atoms with Gasteiger partial charge in [-0.2, -0.15) is 13.2 Å². The molecule has 1 aliphatic carbocycles. The van der Waals surface area contributed by atoms with Gasteiger partial charge in [-0.3, -0.25) is 5.32 Å². The van der Waals surface area contributed by atoms with Crippen LogP contribution in [0.2, 0.25) is 0 Å². The fraction of sp³-hybridized carbons (Fsp3) is 0.953. The van der Waals surface area contributed by atoms with Crippen LogP contribution in [-0.4, -0.2) is 93.8 Å². The van der Waals surface area contributed by atoms with Gasteiger partial charge in [-0.1, -0.05) is 161 Å². The fourth-order valence-electron chi connectivity index (χ4n) is 8.11. The van der Waals surface area contributed by atoms with Crippen molar-refractivity contribution in [1.82, 2.24) is 5.32 Å². The summed E-state index contributed by atoms with van der Waals surface area (Å²) in [7, 11) is 0. The normalized spacial score (nSPS) is 26.6. The highest BCUT2D eigenvalue weighted by Crippen LogP contribution is 2.30. The van der Waals surface area contributed by atoms with Crippen LogP contribution in [0.1, 0.15) is 181 Å². The summed E-state index contributed by atoms with van der Waals surface area (Å²) in [5.74, 6) is 1.47. The van der Waals surface area contributed by atoms with Crippen LogP contribution in [-0.2, 0) is 9.47 Å². The highest BCUT2D eigenvalue weighted by Gasteiger charge is 2.45. The number of ether oxygens (including phenoxy) is 2. The Morgan fingerprint density at radius 2 is 1.26 bits per heavy atom. The monoisotopic (exact) mass is 780 g/mol. The predicted octanol–water partition coefficient (Wildman–Crippen LogP) is 9.04. The molecule has 2 aliphatic rings. The molecule has 0 aromatic carbocycles. The summed E-state index contributed by atoms with van der Waals surface area (Å²) in [5, 5.41) is 54.0. The SMILES string of the molecule is CCCCCCCCCCCCCCC[C@@H](O)[C@H](COC1OC(CO)C(O)C(O)C1O)NC(CCCCCCCCCC[C@H]1CCC=C[C@@H]1C)C(F)(F)F. The van der Waals surface area contributed by atoms with E-state index in [2.05, 4.69) is 31.3 Å². The van der Waals surface area contributed by atoms with Gasteiger partial charge in [0, 0.05) is 0 Å². The standard InChI is InChI=1S/C43H80F3NO7/c1-3-4-5-6-7-8-9-10-11-12-16-19-22-29-36(49)35(32-53-42-41(52)40(51)39(50)37(31-48)54-42)47-38(43(44,45)46)30-23-20-17-14-13-15-18-21-27-34-28-25-24-26-33(34)2/h24,26,33-42,47-52H,3-23,25,27-32H2,1-2H3/t33-,34-,35-,36+,37?,38?,39?,40?,41?,42?/m0/s1. The summed E-state index contributed by atoms with van der Waals surface area (Å²) in [5.41, 5.74) is 0. The Morgan fingerprint density at radius 3 is 1.78 bits per heavy atom. The predicted molar refractivity (Wildman–Crippen MR) is 210 cm³/mol. The molecule has 1 fully saturated rings. The van der Waals surface area contributed by atoms with E-state index in [0.29, 0.717) is 25.2 Å². The van der Waals surface area contributed by atoms with Gasteiger partial charge in [-0.25, -0.2) is 0 Å². The van der Waals surface area contributed by atoms with E-state index in [1.54, 1.807) is 0 Å². The molecule has 0 aromatic rings.